The zero-order chi connectivity index (χ0) is 13.2. The summed E-state index contributed by atoms with van der Waals surface area (Å²) >= 11 is 0. The quantitative estimate of drug-likeness (QED) is 0.884. The molecule has 1 aromatic carbocycles. The van der Waals surface area contributed by atoms with Gasteiger partial charge < -0.3 is 10.5 Å². The third kappa shape index (κ3) is 3.71. The average molecular weight is 257 g/mol. The second kappa shape index (κ2) is 5.06. The van der Waals surface area contributed by atoms with Crippen LogP contribution in [0.4, 0.5) is 0 Å². The van der Waals surface area contributed by atoms with E-state index in [0.29, 0.717) is 0 Å². The van der Waals surface area contributed by atoms with Crippen molar-refractivity contribution in [2.45, 2.75) is 19.9 Å². The van der Waals surface area contributed by atoms with Crippen molar-refractivity contribution >= 4 is 9.84 Å². The van der Waals surface area contributed by atoms with Crippen LogP contribution < -0.4 is 10.5 Å². The van der Waals surface area contributed by atoms with Crippen molar-refractivity contribution in [3.05, 3.63) is 28.8 Å². The Hall–Kier alpha value is -1.07. The largest absolute Gasteiger partial charge is 0.496 e. The second-order valence-corrected chi connectivity index (χ2v) is 6.56. The second-order valence-electron chi connectivity index (χ2n) is 4.38. The Morgan fingerprint density at radius 3 is 2.35 bits per heavy atom. The van der Waals surface area contributed by atoms with Gasteiger partial charge >= 0.3 is 0 Å². The molecule has 1 atom stereocenters. The van der Waals surface area contributed by atoms with Gasteiger partial charge in [0.25, 0.3) is 0 Å². The molecule has 17 heavy (non-hydrogen) atoms. The van der Waals surface area contributed by atoms with Gasteiger partial charge in [-0.1, -0.05) is 6.07 Å². The van der Waals surface area contributed by atoms with Crippen molar-refractivity contribution in [1.29, 1.82) is 0 Å². The maximum absolute atomic E-state index is 11.2. The smallest absolute Gasteiger partial charge is 0.149 e. The summed E-state index contributed by atoms with van der Waals surface area (Å²) in [6, 6.07) is 3.28. The molecular formula is C12H19NO3S. The van der Waals surface area contributed by atoms with Crippen molar-refractivity contribution < 1.29 is 13.2 Å². The average Bonchev–Trinajstić information content (AvgIpc) is 2.18. The molecule has 0 aliphatic heterocycles. The molecule has 96 valence electrons. The van der Waals surface area contributed by atoms with Crippen LogP contribution in [0.1, 0.15) is 22.7 Å². The van der Waals surface area contributed by atoms with E-state index < -0.39 is 15.9 Å². The summed E-state index contributed by atoms with van der Waals surface area (Å²) in [6.07, 6.45) is 1.19. The van der Waals surface area contributed by atoms with Crippen LogP contribution in [0.15, 0.2) is 12.1 Å². The first kappa shape index (κ1) is 14.0. The number of methoxy groups -OCH3 is 1. The molecule has 0 bridgehead atoms. The SMILES string of the molecule is COc1cc(C)c(C(N)CS(C)(=O)=O)cc1C. The van der Waals surface area contributed by atoms with Gasteiger partial charge in [0.05, 0.1) is 12.9 Å². The minimum Gasteiger partial charge on any atom is -0.496 e. The lowest BCUT2D eigenvalue weighted by molar-refractivity contribution is 0.411. The van der Waals surface area contributed by atoms with Gasteiger partial charge in [0, 0.05) is 12.3 Å². The first-order valence-electron chi connectivity index (χ1n) is 5.33. The van der Waals surface area contributed by atoms with E-state index in [9.17, 15) is 8.42 Å². The molecule has 1 rings (SSSR count). The van der Waals surface area contributed by atoms with Gasteiger partial charge in [-0.05, 0) is 36.6 Å². The van der Waals surface area contributed by atoms with Gasteiger partial charge in [0.2, 0.25) is 0 Å². The van der Waals surface area contributed by atoms with E-state index in [1.807, 2.05) is 26.0 Å². The highest BCUT2D eigenvalue weighted by atomic mass is 32.2. The summed E-state index contributed by atoms with van der Waals surface area (Å²) in [4.78, 5) is 0. The lowest BCUT2D eigenvalue weighted by Gasteiger charge is -2.16. The Morgan fingerprint density at radius 2 is 1.88 bits per heavy atom. The predicted octanol–water partition coefficient (Wildman–Crippen LogP) is 1.36. The van der Waals surface area contributed by atoms with Gasteiger partial charge in [0.15, 0.2) is 0 Å². The monoisotopic (exact) mass is 257 g/mol. The minimum absolute atomic E-state index is 0.0421. The highest BCUT2D eigenvalue weighted by Crippen LogP contribution is 2.26. The van der Waals surface area contributed by atoms with Crippen LogP contribution in [0.5, 0.6) is 5.75 Å². The van der Waals surface area contributed by atoms with Gasteiger partial charge in [-0.15, -0.1) is 0 Å². The minimum atomic E-state index is -3.07. The maximum atomic E-state index is 11.2. The Labute approximate surface area is 103 Å². The van der Waals surface area contributed by atoms with Crippen molar-refractivity contribution in [2.24, 2.45) is 5.73 Å². The number of hydrogen-bond acceptors (Lipinski definition) is 4. The molecule has 0 fully saturated rings. The molecule has 0 radical (unpaired) electrons. The molecule has 5 heteroatoms. The van der Waals surface area contributed by atoms with E-state index in [1.54, 1.807) is 7.11 Å². The predicted molar refractivity (Wildman–Crippen MR) is 69.1 cm³/mol. The topological polar surface area (TPSA) is 69.4 Å². The van der Waals surface area contributed by atoms with E-state index in [4.69, 9.17) is 10.5 Å². The van der Waals surface area contributed by atoms with E-state index >= 15 is 0 Å². The Balaban J connectivity index is 3.11. The zero-order valence-electron chi connectivity index (χ0n) is 10.6. The maximum Gasteiger partial charge on any atom is 0.149 e. The van der Waals surface area contributed by atoms with Crippen molar-refractivity contribution in [3.63, 3.8) is 0 Å². The summed E-state index contributed by atoms with van der Waals surface area (Å²) in [6.45, 7) is 3.81. The lowest BCUT2D eigenvalue weighted by Crippen LogP contribution is -2.21. The van der Waals surface area contributed by atoms with Crippen LogP contribution >= 0.6 is 0 Å². The first-order chi connectivity index (χ1) is 7.74. The molecular weight excluding hydrogens is 238 g/mol. The summed E-state index contributed by atoms with van der Waals surface area (Å²) < 4.78 is 27.7. The highest BCUT2D eigenvalue weighted by molar-refractivity contribution is 7.90. The fourth-order valence-electron chi connectivity index (χ4n) is 1.85. The molecule has 0 aliphatic carbocycles. The number of rotatable bonds is 4. The number of aryl methyl sites for hydroxylation is 2. The van der Waals surface area contributed by atoms with Crippen LogP contribution in [0.25, 0.3) is 0 Å². The van der Waals surface area contributed by atoms with E-state index in [0.717, 1.165) is 22.4 Å². The van der Waals surface area contributed by atoms with E-state index in [-0.39, 0.29) is 5.75 Å². The van der Waals surface area contributed by atoms with Gasteiger partial charge in [-0.3, -0.25) is 0 Å². The Morgan fingerprint density at radius 1 is 1.29 bits per heavy atom. The molecule has 4 nitrogen and oxygen atoms in total. The molecule has 1 aromatic rings. The zero-order valence-corrected chi connectivity index (χ0v) is 11.5. The molecule has 0 saturated carbocycles. The number of ether oxygens (including phenoxy) is 1. The third-order valence-electron chi connectivity index (χ3n) is 2.67. The van der Waals surface area contributed by atoms with Crippen LogP contribution in [0.3, 0.4) is 0 Å². The summed E-state index contributed by atoms with van der Waals surface area (Å²) in [5, 5.41) is 0. The summed E-state index contributed by atoms with van der Waals surface area (Å²) in [5.74, 6) is 0.748. The van der Waals surface area contributed by atoms with Crippen molar-refractivity contribution in [3.8, 4) is 5.75 Å². The molecule has 2 N–H and O–H groups in total. The summed E-state index contributed by atoms with van der Waals surface area (Å²) in [5.41, 5.74) is 8.68. The normalized spacial score (nSPS) is 13.5. The molecule has 0 saturated heterocycles. The van der Waals surface area contributed by atoms with Crippen LogP contribution in [-0.2, 0) is 9.84 Å². The molecule has 0 heterocycles. The number of benzene rings is 1. The molecule has 0 amide bonds. The standard InChI is InChI=1S/C12H19NO3S/c1-8-6-12(16-3)9(2)5-10(8)11(13)7-17(4,14)15/h5-6,11H,7,13H2,1-4H3. The highest BCUT2D eigenvalue weighted by Gasteiger charge is 2.16. The molecule has 1 unspecified atom stereocenters. The Kier molecular flexibility index (Phi) is 4.16. The molecule has 0 aromatic heterocycles. The van der Waals surface area contributed by atoms with Gasteiger partial charge in [-0.2, -0.15) is 0 Å². The van der Waals surface area contributed by atoms with E-state index in [2.05, 4.69) is 0 Å². The number of sulfone groups is 1. The van der Waals surface area contributed by atoms with Crippen molar-refractivity contribution in [2.75, 3.05) is 19.1 Å². The first-order valence-corrected chi connectivity index (χ1v) is 7.39. The van der Waals surface area contributed by atoms with Crippen LogP contribution in [0, 0.1) is 13.8 Å². The molecule has 0 aliphatic rings. The fourth-order valence-corrected chi connectivity index (χ4v) is 2.68. The number of hydrogen-bond donors (Lipinski definition) is 1. The van der Waals surface area contributed by atoms with E-state index in [1.165, 1.54) is 6.26 Å². The third-order valence-corrected chi connectivity index (χ3v) is 3.63. The van der Waals surface area contributed by atoms with Crippen molar-refractivity contribution in [1.82, 2.24) is 0 Å². The van der Waals surface area contributed by atoms with Crippen LogP contribution in [-0.4, -0.2) is 27.5 Å². The van der Waals surface area contributed by atoms with Gasteiger partial charge in [-0.25, -0.2) is 8.42 Å². The number of nitrogens with two attached hydrogens (primary N) is 1. The van der Waals surface area contributed by atoms with Crippen LogP contribution in [0.2, 0.25) is 0 Å². The molecule has 0 spiro atoms. The fraction of sp³-hybridized carbons (Fsp3) is 0.500. The lowest BCUT2D eigenvalue weighted by atomic mass is 10.00. The van der Waals surface area contributed by atoms with Gasteiger partial charge in [0.1, 0.15) is 15.6 Å². The summed E-state index contributed by atoms with van der Waals surface area (Å²) in [7, 11) is -1.46. The Bertz CT molecular complexity index is 509.